The van der Waals surface area contributed by atoms with Gasteiger partial charge in [0, 0.05) is 21.9 Å². The van der Waals surface area contributed by atoms with Gasteiger partial charge < -0.3 is 28.7 Å². The summed E-state index contributed by atoms with van der Waals surface area (Å²) in [6.45, 7) is 0. The van der Waals surface area contributed by atoms with Gasteiger partial charge in [0.2, 0.25) is 0 Å². The molecule has 0 spiro atoms. The molecule has 0 amide bonds. The second-order valence-electron chi connectivity index (χ2n) is 11.9. The third-order valence-electron chi connectivity index (χ3n) is 8.91. The molecule has 0 aliphatic heterocycles. The Labute approximate surface area is 281 Å². The van der Waals surface area contributed by atoms with Crippen molar-refractivity contribution in [2.75, 3.05) is 14.2 Å². The van der Waals surface area contributed by atoms with Crippen molar-refractivity contribution in [3.63, 3.8) is 0 Å². The number of ether oxygens (including phenoxy) is 2. The van der Waals surface area contributed by atoms with E-state index in [1.807, 2.05) is 97.1 Å². The van der Waals surface area contributed by atoms with Crippen LogP contribution in [0.25, 0.3) is 66.4 Å². The molecular formula is C41H30N2O6. The molecule has 2 aromatic heterocycles. The number of phenolic OH excluding ortho intramolecular Hbond substituents is 2. The summed E-state index contributed by atoms with van der Waals surface area (Å²) in [5, 5.41) is 31.9. The standard InChI is InChI=1S/C41H30N2O6/c1-46-30-9-5-26(6-10-30)28-18-32(36-22-42-48-40(36)20-28)34-16-24(3-13-38(34)44)15-25-4-14-39(45)35(17-25)33-19-29(21-41-37(33)23-43-49-41)27-7-11-31(47-2)12-8-27/h3-14,16-23,44-45H,15H2,1-2H3. The summed E-state index contributed by atoms with van der Waals surface area (Å²) in [6, 6.07) is 34.8. The quantitative estimate of drug-likeness (QED) is 0.168. The average molecular weight is 647 g/mol. The average Bonchev–Trinajstić information content (AvgIpc) is 3.83. The molecule has 2 heterocycles. The van der Waals surface area contributed by atoms with Crippen LogP contribution >= 0.6 is 0 Å². The molecule has 240 valence electrons. The second kappa shape index (κ2) is 12.2. The minimum atomic E-state index is 0.148. The Morgan fingerprint density at radius 3 is 1.33 bits per heavy atom. The highest BCUT2D eigenvalue weighted by molar-refractivity contribution is 5.99. The second-order valence-corrected chi connectivity index (χ2v) is 11.9. The highest BCUT2D eigenvalue weighted by Crippen LogP contribution is 2.41. The van der Waals surface area contributed by atoms with Crippen LogP contribution in [0.3, 0.4) is 0 Å². The molecule has 2 N–H and O–H groups in total. The zero-order chi connectivity index (χ0) is 33.5. The maximum Gasteiger partial charge on any atom is 0.168 e. The lowest BCUT2D eigenvalue weighted by Crippen LogP contribution is -1.92. The Balaban J connectivity index is 1.17. The number of phenols is 2. The third kappa shape index (κ3) is 5.59. The van der Waals surface area contributed by atoms with E-state index in [0.717, 1.165) is 66.8 Å². The number of benzene rings is 6. The van der Waals surface area contributed by atoms with E-state index in [2.05, 4.69) is 10.3 Å². The Hall–Kier alpha value is -6.54. The first kappa shape index (κ1) is 29.8. The van der Waals surface area contributed by atoms with E-state index in [9.17, 15) is 10.2 Å². The zero-order valence-electron chi connectivity index (χ0n) is 26.7. The van der Waals surface area contributed by atoms with Gasteiger partial charge in [0.15, 0.2) is 11.2 Å². The molecule has 49 heavy (non-hydrogen) atoms. The van der Waals surface area contributed by atoms with Crippen LogP contribution in [0.2, 0.25) is 0 Å². The fourth-order valence-electron chi connectivity index (χ4n) is 6.34. The van der Waals surface area contributed by atoms with Crippen LogP contribution in [0.1, 0.15) is 11.1 Å². The molecule has 0 radical (unpaired) electrons. The summed E-state index contributed by atoms with van der Waals surface area (Å²) < 4.78 is 21.9. The van der Waals surface area contributed by atoms with Crippen molar-refractivity contribution in [2.45, 2.75) is 6.42 Å². The van der Waals surface area contributed by atoms with Crippen molar-refractivity contribution in [3.05, 3.63) is 133 Å². The number of aromatic hydroxyl groups is 2. The first-order valence-corrected chi connectivity index (χ1v) is 15.7. The van der Waals surface area contributed by atoms with Gasteiger partial charge in [0.05, 0.1) is 26.6 Å². The van der Waals surface area contributed by atoms with Gasteiger partial charge >= 0.3 is 0 Å². The number of hydrogen-bond donors (Lipinski definition) is 2. The number of rotatable bonds is 8. The number of methoxy groups -OCH3 is 2. The summed E-state index contributed by atoms with van der Waals surface area (Å²) in [5.41, 5.74) is 9.94. The molecule has 0 saturated heterocycles. The van der Waals surface area contributed by atoms with Crippen LogP contribution in [-0.4, -0.2) is 34.7 Å². The fourth-order valence-corrected chi connectivity index (χ4v) is 6.34. The van der Waals surface area contributed by atoms with Crippen LogP contribution in [0, 0.1) is 0 Å². The summed E-state index contributed by atoms with van der Waals surface area (Å²) in [7, 11) is 3.28. The van der Waals surface area contributed by atoms with E-state index in [1.165, 1.54) is 0 Å². The summed E-state index contributed by atoms with van der Waals surface area (Å²) in [4.78, 5) is 0. The maximum absolute atomic E-state index is 11.1. The molecule has 0 unspecified atom stereocenters. The summed E-state index contributed by atoms with van der Waals surface area (Å²) in [6.07, 6.45) is 3.90. The molecule has 8 rings (SSSR count). The lowest BCUT2D eigenvalue weighted by molar-refractivity contribution is 0.415. The van der Waals surface area contributed by atoms with E-state index in [1.54, 1.807) is 38.7 Å². The Morgan fingerprint density at radius 1 is 0.490 bits per heavy atom. The lowest BCUT2D eigenvalue weighted by atomic mass is 9.92. The Morgan fingerprint density at radius 2 is 0.918 bits per heavy atom. The van der Waals surface area contributed by atoms with Crippen molar-refractivity contribution >= 4 is 21.9 Å². The number of fused-ring (bicyclic) bond motifs is 2. The van der Waals surface area contributed by atoms with E-state index in [-0.39, 0.29) is 11.5 Å². The van der Waals surface area contributed by atoms with Crippen molar-refractivity contribution in [1.82, 2.24) is 10.3 Å². The van der Waals surface area contributed by atoms with E-state index >= 15 is 0 Å². The molecular weight excluding hydrogens is 616 g/mol. The monoisotopic (exact) mass is 646 g/mol. The van der Waals surface area contributed by atoms with Crippen molar-refractivity contribution in [3.8, 4) is 67.5 Å². The van der Waals surface area contributed by atoms with Crippen LogP contribution in [-0.2, 0) is 6.42 Å². The molecule has 0 atom stereocenters. The minimum Gasteiger partial charge on any atom is -0.507 e. The number of aromatic nitrogens is 2. The molecule has 0 aliphatic rings. The number of hydrogen-bond acceptors (Lipinski definition) is 8. The van der Waals surface area contributed by atoms with E-state index in [4.69, 9.17) is 18.5 Å². The first-order valence-electron chi connectivity index (χ1n) is 15.7. The van der Waals surface area contributed by atoms with Gasteiger partial charge in [-0.1, -0.05) is 46.7 Å². The summed E-state index contributed by atoms with van der Waals surface area (Å²) >= 11 is 0. The molecule has 8 heteroatoms. The third-order valence-corrected chi connectivity index (χ3v) is 8.91. The molecule has 6 aromatic carbocycles. The van der Waals surface area contributed by atoms with Crippen LogP contribution in [0.4, 0.5) is 0 Å². The summed E-state index contributed by atoms with van der Waals surface area (Å²) in [5.74, 6) is 1.83. The van der Waals surface area contributed by atoms with Gasteiger partial charge in [-0.25, -0.2) is 0 Å². The van der Waals surface area contributed by atoms with Crippen LogP contribution in [0.15, 0.2) is 131 Å². The van der Waals surface area contributed by atoms with Gasteiger partial charge in [-0.3, -0.25) is 0 Å². The van der Waals surface area contributed by atoms with Gasteiger partial charge in [-0.05, 0) is 124 Å². The SMILES string of the molecule is COc1ccc(-c2cc(-c3cc(Cc4ccc(O)c(-c5cc(-c6ccc(OC)cc6)cc6oncc56)c4)ccc3O)c3cnoc3c2)cc1. The Kier molecular flexibility index (Phi) is 7.45. The van der Waals surface area contributed by atoms with Gasteiger partial charge in [0.25, 0.3) is 0 Å². The van der Waals surface area contributed by atoms with Gasteiger partial charge in [-0.2, -0.15) is 0 Å². The molecule has 0 fully saturated rings. The topological polar surface area (TPSA) is 111 Å². The van der Waals surface area contributed by atoms with E-state index < -0.39 is 0 Å². The first-order chi connectivity index (χ1) is 24.0. The number of nitrogens with zero attached hydrogens (tertiary/aromatic N) is 2. The minimum absolute atomic E-state index is 0.148. The van der Waals surface area contributed by atoms with Crippen molar-refractivity contribution < 1.29 is 28.7 Å². The normalized spacial score (nSPS) is 11.3. The molecule has 0 saturated carbocycles. The van der Waals surface area contributed by atoms with Crippen molar-refractivity contribution in [2.24, 2.45) is 0 Å². The predicted octanol–water partition coefficient (Wildman–Crippen LogP) is 9.66. The van der Waals surface area contributed by atoms with Crippen LogP contribution in [0.5, 0.6) is 23.0 Å². The smallest absolute Gasteiger partial charge is 0.168 e. The highest BCUT2D eigenvalue weighted by Gasteiger charge is 2.17. The Bertz CT molecular complexity index is 2290. The molecule has 8 nitrogen and oxygen atoms in total. The van der Waals surface area contributed by atoms with Crippen LogP contribution < -0.4 is 9.47 Å². The predicted molar refractivity (Wildman–Crippen MR) is 189 cm³/mol. The van der Waals surface area contributed by atoms with Gasteiger partial charge in [0.1, 0.15) is 23.0 Å². The van der Waals surface area contributed by atoms with E-state index in [0.29, 0.717) is 28.7 Å². The maximum atomic E-state index is 11.1. The largest absolute Gasteiger partial charge is 0.507 e. The zero-order valence-corrected chi connectivity index (χ0v) is 26.7. The molecule has 0 bridgehead atoms. The van der Waals surface area contributed by atoms with Gasteiger partial charge in [-0.15, -0.1) is 0 Å². The molecule has 0 aliphatic carbocycles. The molecule has 8 aromatic rings. The fraction of sp³-hybridized carbons (Fsp3) is 0.0732. The highest BCUT2D eigenvalue weighted by atomic mass is 16.5. The van der Waals surface area contributed by atoms with Crippen molar-refractivity contribution in [1.29, 1.82) is 0 Å². The lowest BCUT2D eigenvalue weighted by Gasteiger charge is -2.13.